The van der Waals surface area contributed by atoms with Gasteiger partial charge in [-0.3, -0.25) is 14.3 Å². The van der Waals surface area contributed by atoms with Gasteiger partial charge in [0.2, 0.25) is 3.12 Å². The topological polar surface area (TPSA) is 84.3 Å². The molecule has 1 aromatic rings. The first-order chi connectivity index (χ1) is 10.2. The van der Waals surface area contributed by atoms with E-state index in [1.165, 1.54) is 21.6 Å². The van der Waals surface area contributed by atoms with Gasteiger partial charge >= 0.3 is 5.69 Å². The molecular formula is C11H13Cl3N2O4S2. The zero-order valence-corrected chi connectivity index (χ0v) is 15.2. The number of nitrogens with one attached hydrogen (secondary N) is 1. The lowest BCUT2D eigenvalue weighted by molar-refractivity contribution is -0.0234. The number of halogens is 3. The molecule has 1 aliphatic rings. The average Bonchev–Trinajstić information content (AvgIpc) is 2.83. The summed E-state index contributed by atoms with van der Waals surface area (Å²) in [6, 6.07) is 0. The Hall–Kier alpha value is 0.170. The number of ether oxygens (including phenoxy) is 1. The number of aryl methyl sites for hydroxylation is 1. The number of rotatable bonds is 4. The van der Waals surface area contributed by atoms with Gasteiger partial charge in [0.25, 0.3) is 5.56 Å². The Balaban J connectivity index is 2.28. The van der Waals surface area contributed by atoms with Crippen LogP contribution >= 0.6 is 56.4 Å². The highest BCUT2D eigenvalue weighted by Gasteiger charge is 2.39. The van der Waals surface area contributed by atoms with Crippen LogP contribution in [0.25, 0.3) is 0 Å². The van der Waals surface area contributed by atoms with Gasteiger partial charge in [-0.1, -0.05) is 45.6 Å². The Morgan fingerprint density at radius 2 is 2.18 bits per heavy atom. The minimum Gasteiger partial charge on any atom is -0.394 e. The Bertz CT molecular complexity index is 645. The second-order valence-electron chi connectivity index (χ2n) is 4.71. The van der Waals surface area contributed by atoms with E-state index in [2.05, 4.69) is 4.98 Å². The maximum Gasteiger partial charge on any atom is 0.330 e. The molecule has 1 unspecified atom stereocenters. The maximum atomic E-state index is 12.0. The first-order valence-corrected chi connectivity index (χ1v) is 9.55. The van der Waals surface area contributed by atoms with Crippen LogP contribution in [0.2, 0.25) is 0 Å². The van der Waals surface area contributed by atoms with Crippen LogP contribution < -0.4 is 11.2 Å². The highest BCUT2D eigenvalue weighted by atomic mass is 35.6. The molecular weight excluding hydrogens is 395 g/mol. The largest absolute Gasteiger partial charge is 0.394 e. The molecule has 124 valence electrons. The molecule has 2 N–H and O–H groups in total. The van der Waals surface area contributed by atoms with Gasteiger partial charge in [0.1, 0.15) is 0 Å². The zero-order chi connectivity index (χ0) is 16.5. The van der Waals surface area contributed by atoms with E-state index in [4.69, 9.17) is 39.5 Å². The lowest BCUT2D eigenvalue weighted by Crippen LogP contribution is -2.35. The standard InChI is InChI=1S/C11H13Cl3N2O4S2/c1-5-3-16(10(19)15-8(5)18)9-7(2-6(4-17)20-9)21-22-11(12,13)14/h3,6-7,9,17H,2,4H2,1H3,(H,15,18,19)/t6-,7?,9+/m0/s1. The zero-order valence-electron chi connectivity index (χ0n) is 11.3. The molecule has 1 fully saturated rings. The minimum atomic E-state index is -1.50. The minimum absolute atomic E-state index is 0.177. The molecule has 0 bridgehead atoms. The first-order valence-electron chi connectivity index (χ1n) is 6.21. The van der Waals surface area contributed by atoms with Crippen molar-refractivity contribution < 1.29 is 9.84 Å². The molecule has 2 rings (SSSR count). The van der Waals surface area contributed by atoms with Crippen molar-refractivity contribution in [3.05, 3.63) is 32.6 Å². The van der Waals surface area contributed by atoms with Crippen LogP contribution in [-0.2, 0) is 4.74 Å². The second-order valence-corrected chi connectivity index (χ2v) is 10.3. The highest BCUT2D eigenvalue weighted by Crippen LogP contribution is 2.51. The van der Waals surface area contributed by atoms with E-state index in [1.807, 2.05) is 0 Å². The van der Waals surface area contributed by atoms with Crippen LogP contribution in [0.5, 0.6) is 0 Å². The summed E-state index contributed by atoms with van der Waals surface area (Å²) in [7, 11) is 2.28. The fourth-order valence-electron chi connectivity index (χ4n) is 2.06. The summed E-state index contributed by atoms with van der Waals surface area (Å²) in [6.45, 7) is 1.41. The van der Waals surface area contributed by atoms with Gasteiger partial charge in [-0.15, -0.1) is 0 Å². The number of alkyl halides is 3. The van der Waals surface area contributed by atoms with E-state index < -0.39 is 26.7 Å². The summed E-state index contributed by atoms with van der Waals surface area (Å²) in [5.74, 6) is 0. The molecule has 1 aromatic heterocycles. The number of hydrogen-bond donors (Lipinski definition) is 2. The SMILES string of the molecule is Cc1cn([C@@H]2O[C@H](CO)CC2SSC(Cl)(Cl)Cl)c(=O)[nH]c1=O. The van der Waals surface area contributed by atoms with Crippen LogP contribution in [0, 0.1) is 6.92 Å². The normalized spacial score (nSPS) is 25.6. The summed E-state index contributed by atoms with van der Waals surface area (Å²) in [6.07, 6.45) is 0.839. The number of nitrogens with zero attached hydrogens (tertiary/aromatic N) is 1. The fourth-order valence-corrected chi connectivity index (χ4v) is 5.07. The molecule has 1 aliphatic heterocycles. The van der Waals surface area contributed by atoms with Gasteiger partial charge in [-0.25, -0.2) is 4.79 Å². The van der Waals surface area contributed by atoms with Crippen molar-refractivity contribution in [3.8, 4) is 0 Å². The first kappa shape index (κ1) is 18.5. The van der Waals surface area contributed by atoms with E-state index in [0.717, 1.165) is 10.8 Å². The predicted molar refractivity (Wildman–Crippen MR) is 90.9 cm³/mol. The van der Waals surface area contributed by atoms with Crippen molar-refractivity contribution in [1.29, 1.82) is 0 Å². The molecule has 0 spiro atoms. The summed E-state index contributed by atoms with van der Waals surface area (Å²) in [5, 5.41) is 9.06. The summed E-state index contributed by atoms with van der Waals surface area (Å²) in [4.78, 5) is 25.7. The average molecular weight is 408 g/mol. The monoisotopic (exact) mass is 406 g/mol. The molecule has 0 aliphatic carbocycles. The smallest absolute Gasteiger partial charge is 0.330 e. The van der Waals surface area contributed by atoms with Crippen molar-refractivity contribution in [2.75, 3.05) is 6.61 Å². The number of hydrogen-bond acceptors (Lipinski definition) is 6. The van der Waals surface area contributed by atoms with Crippen molar-refractivity contribution in [3.63, 3.8) is 0 Å². The van der Waals surface area contributed by atoms with Crippen LogP contribution in [0.1, 0.15) is 18.2 Å². The molecule has 22 heavy (non-hydrogen) atoms. The molecule has 0 saturated carbocycles. The lowest BCUT2D eigenvalue weighted by Gasteiger charge is -2.21. The maximum absolute atomic E-state index is 12.0. The van der Waals surface area contributed by atoms with Gasteiger partial charge in [0.05, 0.1) is 18.0 Å². The van der Waals surface area contributed by atoms with Crippen molar-refractivity contribution in [2.45, 2.75) is 34.1 Å². The molecule has 11 heteroatoms. The van der Waals surface area contributed by atoms with E-state index in [1.54, 1.807) is 6.92 Å². The summed E-state index contributed by atoms with van der Waals surface area (Å²) < 4.78 is 5.47. The van der Waals surface area contributed by atoms with Crippen LogP contribution in [0.4, 0.5) is 0 Å². The number of aliphatic hydroxyl groups excluding tert-OH is 1. The van der Waals surface area contributed by atoms with Gasteiger partial charge in [0.15, 0.2) is 6.23 Å². The van der Waals surface area contributed by atoms with Gasteiger partial charge in [0, 0.05) is 11.8 Å². The second kappa shape index (κ2) is 7.38. The van der Waals surface area contributed by atoms with Gasteiger partial charge < -0.3 is 9.84 Å². The van der Waals surface area contributed by atoms with E-state index in [9.17, 15) is 14.7 Å². The predicted octanol–water partition coefficient (Wildman–Crippen LogP) is 2.20. The van der Waals surface area contributed by atoms with Crippen LogP contribution in [0.3, 0.4) is 0 Å². The number of aromatic nitrogens is 2. The quantitative estimate of drug-likeness (QED) is 0.588. The lowest BCUT2D eigenvalue weighted by atomic mass is 10.2. The van der Waals surface area contributed by atoms with Crippen LogP contribution in [0.15, 0.2) is 15.8 Å². The number of H-pyrrole nitrogens is 1. The third-order valence-electron chi connectivity index (χ3n) is 3.03. The van der Waals surface area contributed by atoms with E-state index in [-0.39, 0.29) is 11.9 Å². The molecule has 0 amide bonds. The van der Waals surface area contributed by atoms with Gasteiger partial charge in [-0.2, -0.15) is 0 Å². The van der Waals surface area contributed by atoms with Gasteiger partial charge in [-0.05, 0) is 24.1 Å². The Morgan fingerprint density at radius 3 is 2.77 bits per heavy atom. The number of aliphatic hydroxyl groups is 1. The Kier molecular flexibility index (Phi) is 6.21. The molecule has 1 saturated heterocycles. The third-order valence-corrected chi connectivity index (χ3v) is 7.29. The van der Waals surface area contributed by atoms with Crippen molar-refractivity contribution >= 4 is 56.4 Å². The highest BCUT2D eigenvalue weighted by molar-refractivity contribution is 8.78. The van der Waals surface area contributed by atoms with Crippen molar-refractivity contribution in [2.24, 2.45) is 0 Å². The Morgan fingerprint density at radius 1 is 1.50 bits per heavy atom. The third kappa shape index (κ3) is 4.59. The molecule has 2 heterocycles. The van der Waals surface area contributed by atoms with E-state index in [0.29, 0.717) is 12.0 Å². The number of aromatic amines is 1. The van der Waals surface area contributed by atoms with Crippen molar-refractivity contribution in [1.82, 2.24) is 9.55 Å². The molecule has 0 radical (unpaired) electrons. The summed E-state index contributed by atoms with van der Waals surface area (Å²) >= 11 is 17.2. The summed E-state index contributed by atoms with van der Waals surface area (Å²) in [5.41, 5.74) is -0.644. The molecule has 0 aromatic carbocycles. The molecule has 3 atom stereocenters. The molecule has 6 nitrogen and oxygen atoms in total. The Labute approximate surface area is 148 Å². The fraction of sp³-hybridized carbons (Fsp3) is 0.636. The van der Waals surface area contributed by atoms with E-state index >= 15 is 0 Å². The van der Waals surface area contributed by atoms with Crippen LogP contribution in [-0.4, -0.2) is 35.7 Å².